The fourth-order valence-corrected chi connectivity index (χ4v) is 4.14. The predicted molar refractivity (Wildman–Crippen MR) is 131 cm³/mol. The molecule has 2 aromatic carbocycles. The molecule has 1 aliphatic heterocycles. The average Bonchev–Trinajstić information content (AvgIpc) is 3.09. The molecule has 2 amide bonds. The summed E-state index contributed by atoms with van der Waals surface area (Å²) in [6.07, 6.45) is 1.54. The highest BCUT2D eigenvalue weighted by Crippen LogP contribution is 2.27. The van der Waals surface area contributed by atoms with Crippen molar-refractivity contribution in [3.63, 3.8) is 0 Å². The fraction of sp³-hybridized carbons (Fsp3) is 0.120. The maximum atomic E-state index is 13.3. The van der Waals surface area contributed by atoms with E-state index in [1.807, 2.05) is 48.7 Å². The van der Waals surface area contributed by atoms with Crippen LogP contribution in [0.5, 0.6) is 5.75 Å². The number of thiocarbonyl (C=S) groups is 1. The highest BCUT2D eigenvalue weighted by Gasteiger charge is 2.34. The van der Waals surface area contributed by atoms with Crippen LogP contribution in [0.1, 0.15) is 27.3 Å². The van der Waals surface area contributed by atoms with Crippen molar-refractivity contribution in [1.29, 1.82) is 0 Å². The third-order valence-electron chi connectivity index (χ3n) is 5.57. The minimum Gasteiger partial charge on any atom is -0.497 e. The molecule has 0 saturated carbocycles. The number of carbonyl (C=O) groups is 3. The number of amides is 2. The number of carboxylic acids is 1. The molecule has 9 heteroatoms. The lowest BCUT2D eigenvalue weighted by atomic mass is 10.1. The van der Waals surface area contributed by atoms with E-state index in [9.17, 15) is 14.4 Å². The summed E-state index contributed by atoms with van der Waals surface area (Å²) in [4.78, 5) is 38.3. The molecule has 2 N–H and O–H groups in total. The molecule has 0 spiro atoms. The first kappa shape index (κ1) is 22.9. The number of aryl methyl sites for hydroxylation is 1. The number of methoxy groups -OCH3 is 1. The highest BCUT2D eigenvalue weighted by molar-refractivity contribution is 7.80. The Morgan fingerprint density at radius 2 is 1.65 bits per heavy atom. The summed E-state index contributed by atoms with van der Waals surface area (Å²) in [7, 11) is 1.60. The van der Waals surface area contributed by atoms with E-state index in [0.29, 0.717) is 11.3 Å². The van der Waals surface area contributed by atoms with E-state index in [1.165, 1.54) is 29.2 Å². The van der Waals surface area contributed by atoms with Crippen molar-refractivity contribution in [3.05, 3.63) is 82.7 Å². The Bertz CT molecular complexity index is 1350. The third-order valence-corrected chi connectivity index (χ3v) is 5.86. The van der Waals surface area contributed by atoms with Gasteiger partial charge in [-0.2, -0.15) is 0 Å². The number of hydrogen-bond acceptors (Lipinski definition) is 5. The highest BCUT2D eigenvalue weighted by atomic mass is 32.1. The Hall–Kier alpha value is -4.24. The molecule has 0 bridgehead atoms. The largest absolute Gasteiger partial charge is 0.497 e. The lowest BCUT2D eigenvalue weighted by Crippen LogP contribution is -2.54. The van der Waals surface area contributed by atoms with Crippen LogP contribution in [0, 0.1) is 13.8 Å². The zero-order chi connectivity index (χ0) is 24.6. The zero-order valence-corrected chi connectivity index (χ0v) is 19.5. The van der Waals surface area contributed by atoms with Gasteiger partial charge in [0.2, 0.25) is 0 Å². The maximum absolute atomic E-state index is 13.3. The summed E-state index contributed by atoms with van der Waals surface area (Å²) < 4.78 is 7.24. The summed E-state index contributed by atoms with van der Waals surface area (Å²) in [6.45, 7) is 3.84. The van der Waals surface area contributed by atoms with E-state index in [2.05, 4.69) is 5.32 Å². The van der Waals surface area contributed by atoms with Crippen molar-refractivity contribution in [2.24, 2.45) is 0 Å². The Balaban J connectivity index is 1.71. The van der Waals surface area contributed by atoms with E-state index in [0.717, 1.165) is 22.8 Å². The van der Waals surface area contributed by atoms with Gasteiger partial charge in [0.25, 0.3) is 11.8 Å². The molecule has 1 aliphatic rings. The smallest absolute Gasteiger partial charge is 0.335 e. The third kappa shape index (κ3) is 4.08. The molecule has 1 saturated heterocycles. The van der Waals surface area contributed by atoms with Crippen LogP contribution in [0.25, 0.3) is 11.8 Å². The molecule has 3 aromatic rings. The molecule has 4 rings (SSSR count). The van der Waals surface area contributed by atoms with Gasteiger partial charge in [-0.3, -0.25) is 19.8 Å². The lowest BCUT2D eigenvalue weighted by molar-refractivity contribution is -0.122. The van der Waals surface area contributed by atoms with Gasteiger partial charge in [-0.1, -0.05) is 0 Å². The van der Waals surface area contributed by atoms with Crippen LogP contribution < -0.4 is 15.0 Å². The number of nitrogens with one attached hydrogen (secondary N) is 1. The average molecular weight is 476 g/mol. The number of ether oxygens (including phenoxy) is 1. The fourth-order valence-electron chi connectivity index (χ4n) is 3.86. The van der Waals surface area contributed by atoms with E-state index in [4.69, 9.17) is 22.1 Å². The summed E-state index contributed by atoms with van der Waals surface area (Å²) in [5.41, 5.74) is 3.75. The SMILES string of the molecule is COc1ccc(-n2c(C)cc(/C=C3\C(=O)NC(=S)N(c4ccc(C(=O)O)cc4)C3=O)c2C)cc1. The molecule has 0 aliphatic carbocycles. The Morgan fingerprint density at radius 1 is 1.03 bits per heavy atom. The van der Waals surface area contributed by atoms with Crippen molar-refractivity contribution >= 4 is 46.9 Å². The molecular formula is C25H21N3O5S. The first-order valence-electron chi connectivity index (χ1n) is 10.3. The molecule has 1 fully saturated rings. The molecule has 0 unspecified atom stereocenters. The normalized spacial score (nSPS) is 15.0. The number of anilines is 1. The van der Waals surface area contributed by atoms with Crippen LogP contribution in [-0.2, 0) is 9.59 Å². The first-order chi connectivity index (χ1) is 16.2. The molecule has 0 atom stereocenters. The molecule has 172 valence electrons. The van der Waals surface area contributed by atoms with Crippen molar-refractivity contribution in [1.82, 2.24) is 9.88 Å². The van der Waals surface area contributed by atoms with Crippen LogP contribution in [0.2, 0.25) is 0 Å². The quantitative estimate of drug-likeness (QED) is 0.332. The number of benzene rings is 2. The number of nitrogens with zero attached hydrogens (tertiary/aromatic N) is 2. The number of rotatable bonds is 5. The topological polar surface area (TPSA) is 101 Å². The number of aromatic carboxylic acids is 1. The van der Waals surface area contributed by atoms with Crippen LogP contribution >= 0.6 is 12.2 Å². The second-order valence-corrected chi connectivity index (χ2v) is 8.06. The molecule has 1 aromatic heterocycles. The van der Waals surface area contributed by atoms with Crippen molar-refractivity contribution in [3.8, 4) is 11.4 Å². The standard InChI is InChI=1S/C25H21N3O5S/c1-14-12-17(15(2)27(14)18-8-10-20(33-3)11-9-18)13-21-22(29)26-25(34)28(23(21)30)19-6-4-16(5-7-19)24(31)32/h4-13H,1-3H3,(H,31,32)(H,26,29,34)/b21-13+. The van der Waals surface area contributed by atoms with Crippen molar-refractivity contribution in [2.75, 3.05) is 12.0 Å². The van der Waals surface area contributed by atoms with Gasteiger partial charge in [0.15, 0.2) is 5.11 Å². The second-order valence-electron chi connectivity index (χ2n) is 7.67. The van der Waals surface area contributed by atoms with Gasteiger partial charge in [-0.15, -0.1) is 0 Å². The van der Waals surface area contributed by atoms with Crippen LogP contribution in [-0.4, -0.2) is 39.7 Å². The van der Waals surface area contributed by atoms with E-state index in [-0.39, 0.29) is 16.2 Å². The van der Waals surface area contributed by atoms with Gasteiger partial charge in [0.1, 0.15) is 11.3 Å². The van der Waals surface area contributed by atoms with Crippen LogP contribution in [0.4, 0.5) is 5.69 Å². The molecule has 0 radical (unpaired) electrons. The lowest BCUT2D eigenvalue weighted by Gasteiger charge is -2.29. The van der Waals surface area contributed by atoms with Gasteiger partial charge in [0.05, 0.1) is 18.4 Å². The van der Waals surface area contributed by atoms with E-state index < -0.39 is 17.8 Å². The predicted octanol–water partition coefficient (Wildman–Crippen LogP) is 3.63. The van der Waals surface area contributed by atoms with Gasteiger partial charge in [-0.05, 0) is 92.3 Å². The Labute approximate surface area is 201 Å². The molecule has 8 nitrogen and oxygen atoms in total. The molecule has 34 heavy (non-hydrogen) atoms. The first-order valence-corrected chi connectivity index (χ1v) is 10.7. The zero-order valence-electron chi connectivity index (χ0n) is 18.7. The van der Waals surface area contributed by atoms with E-state index in [1.54, 1.807) is 13.2 Å². The van der Waals surface area contributed by atoms with Crippen molar-refractivity contribution in [2.45, 2.75) is 13.8 Å². The van der Waals surface area contributed by atoms with Crippen molar-refractivity contribution < 1.29 is 24.2 Å². The number of aromatic nitrogens is 1. The summed E-state index contributed by atoms with van der Waals surface area (Å²) >= 11 is 5.22. The number of carboxylic acid groups (broad SMARTS) is 1. The Kier molecular flexibility index (Phi) is 6.04. The summed E-state index contributed by atoms with van der Waals surface area (Å²) in [6, 6.07) is 15.1. The minimum atomic E-state index is -1.08. The molecular weight excluding hydrogens is 454 g/mol. The van der Waals surface area contributed by atoms with Gasteiger partial charge in [-0.25, -0.2) is 4.79 Å². The number of hydrogen-bond donors (Lipinski definition) is 2. The summed E-state index contributed by atoms with van der Waals surface area (Å²) in [5.74, 6) is -1.53. The minimum absolute atomic E-state index is 0.0704. The number of carbonyl (C=O) groups excluding carboxylic acids is 2. The molecule has 2 heterocycles. The monoisotopic (exact) mass is 475 g/mol. The van der Waals surface area contributed by atoms with Gasteiger partial charge >= 0.3 is 5.97 Å². The van der Waals surface area contributed by atoms with Crippen LogP contribution in [0.15, 0.2) is 60.2 Å². The maximum Gasteiger partial charge on any atom is 0.335 e. The van der Waals surface area contributed by atoms with Gasteiger partial charge in [0, 0.05) is 17.1 Å². The second kappa shape index (κ2) is 8.95. The van der Waals surface area contributed by atoms with E-state index >= 15 is 0 Å². The van der Waals surface area contributed by atoms with Crippen LogP contribution in [0.3, 0.4) is 0 Å². The summed E-state index contributed by atoms with van der Waals surface area (Å²) in [5, 5.41) is 11.6. The van der Waals surface area contributed by atoms with Gasteiger partial charge < -0.3 is 14.4 Å². The Morgan fingerprint density at radius 3 is 2.24 bits per heavy atom.